The van der Waals surface area contributed by atoms with Crippen molar-refractivity contribution >= 4 is 34.1 Å². The van der Waals surface area contributed by atoms with Gasteiger partial charge in [0.2, 0.25) is 0 Å². The van der Waals surface area contributed by atoms with E-state index in [2.05, 4.69) is 19.8 Å². The highest BCUT2D eigenvalue weighted by Crippen LogP contribution is 2.33. The third kappa shape index (κ3) is 5.02. The standard InChI is InChI=1S/C23H28N4O5S/c1-15-20(22(28)25-17(23(29)30)14-19-24-6-13-33-19)16-4-3-5-18(31-2)21(16)27(15)8-7-26-9-11-32-12-10-26/h3-6,13,17H,7-12,14H2,1-2H3,(H,25,28)(H,29,30)/t17-/m0/s1. The highest BCUT2D eigenvalue weighted by Gasteiger charge is 2.27. The van der Waals surface area contributed by atoms with Gasteiger partial charge in [-0.2, -0.15) is 0 Å². The summed E-state index contributed by atoms with van der Waals surface area (Å²) in [6.07, 6.45) is 1.76. The van der Waals surface area contributed by atoms with Crippen LogP contribution in [0.25, 0.3) is 10.9 Å². The van der Waals surface area contributed by atoms with Gasteiger partial charge >= 0.3 is 5.97 Å². The molecule has 1 aromatic carbocycles. The van der Waals surface area contributed by atoms with Crippen molar-refractivity contribution in [2.45, 2.75) is 25.9 Å². The van der Waals surface area contributed by atoms with E-state index in [4.69, 9.17) is 9.47 Å². The number of ether oxygens (including phenoxy) is 2. The second-order valence-electron chi connectivity index (χ2n) is 7.92. The number of carboxylic acid groups (broad SMARTS) is 1. The Morgan fingerprint density at radius 1 is 1.30 bits per heavy atom. The van der Waals surface area contributed by atoms with E-state index in [1.807, 2.05) is 25.1 Å². The van der Waals surface area contributed by atoms with Gasteiger partial charge in [0.15, 0.2) is 0 Å². The average molecular weight is 473 g/mol. The summed E-state index contributed by atoms with van der Waals surface area (Å²) in [5.41, 5.74) is 2.08. The van der Waals surface area contributed by atoms with E-state index in [0.29, 0.717) is 22.9 Å². The van der Waals surface area contributed by atoms with Gasteiger partial charge < -0.3 is 24.5 Å². The van der Waals surface area contributed by atoms with Crippen LogP contribution in [0.3, 0.4) is 0 Å². The van der Waals surface area contributed by atoms with E-state index in [1.54, 1.807) is 18.7 Å². The Balaban J connectivity index is 1.65. The first-order valence-corrected chi connectivity index (χ1v) is 11.8. The van der Waals surface area contributed by atoms with E-state index >= 15 is 0 Å². The number of aliphatic carboxylic acids is 1. The molecule has 3 aromatic rings. The zero-order valence-electron chi connectivity index (χ0n) is 18.7. The number of aromatic nitrogens is 2. The fourth-order valence-electron chi connectivity index (χ4n) is 4.26. The number of carboxylic acids is 1. The van der Waals surface area contributed by atoms with Crippen molar-refractivity contribution in [2.75, 3.05) is 40.0 Å². The largest absolute Gasteiger partial charge is 0.495 e. The van der Waals surface area contributed by atoms with Crippen LogP contribution in [0.2, 0.25) is 0 Å². The quantitative estimate of drug-likeness (QED) is 0.492. The molecule has 2 aromatic heterocycles. The monoisotopic (exact) mass is 472 g/mol. The molecular weight excluding hydrogens is 444 g/mol. The number of morpholine rings is 1. The first-order valence-electron chi connectivity index (χ1n) is 10.9. The maximum atomic E-state index is 13.4. The molecule has 1 saturated heterocycles. The Kier molecular flexibility index (Phi) is 7.26. The lowest BCUT2D eigenvalue weighted by atomic mass is 10.1. The molecule has 0 radical (unpaired) electrons. The maximum absolute atomic E-state index is 13.4. The molecule has 33 heavy (non-hydrogen) atoms. The predicted molar refractivity (Wildman–Crippen MR) is 125 cm³/mol. The molecule has 1 amide bonds. The van der Waals surface area contributed by atoms with E-state index in [9.17, 15) is 14.7 Å². The first-order chi connectivity index (χ1) is 16.0. The number of amides is 1. The molecule has 0 aliphatic carbocycles. The third-order valence-corrected chi connectivity index (χ3v) is 6.76. The zero-order valence-corrected chi connectivity index (χ0v) is 19.6. The van der Waals surface area contributed by atoms with Crippen LogP contribution in [0.5, 0.6) is 5.75 Å². The van der Waals surface area contributed by atoms with Crippen molar-refractivity contribution in [3.63, 3.8) is 0 Å². The van der Waals surface area contributed by atoms with Crippen molar-refractivity contribution in [1.29, 1.82) is 0 Å². The van der Waals surface area contributed by atoms with Crippen molar-refractivity contribution < 1.29 is 24.2 Å². The van der Waals surface area contributed by atoms with E-state index < -0.39 is 17.9 Å². The van der Waals surface area contributed by atoms with Crippen molar-refractivity contribution in [1.82, 2.24) is 19.8 Å². The Labute approximate surface area is 195 Å². The highest BCUT2D eigenvalue weighted by molar-refractivity contribution is 7.09. The summed E-state index contributed by atoms with van der Waals surface area (Å²) in [6.45, 7) is 6.58. The number of carbonyl (C=O) groups excluding carboxylic acids is 1. The molecule has 0 saturated carbocycles. The van der Waals surface area contributed by atoms with Crippen LogP contribution in [0.1, 0.15) is 21.1 Å². The summed E-state index contributed by atoms with van der Waals surface area (Å²) in [6, 6.07) is 4.52. The van der Waals surface area contributed by atoms with Gasteiger partial charge in [0.25, 0.3) is 5.91 Å². The molecule has 4 rings (SSSR count). The molecule has 1 atom stereocenters. The molecule has 0 spiro atoms. The SMILES string of the molecule is COc1cccc2c(C(=O)N[C@@H](Cc3nccs3)C(=O)O)c(C)n(CCN3CCOCC3)c12. The van der Waals surface area contributed by atoms with E-state index in [-0.39, 0.29) is 6.42 Å². The van der Waals surface area contributed by atoms with Crippen molar-refractivity contribution in [3.8, 4) is 5.75 Å². The molecule has 3 heterocycles. The zero-order chi connectivity index (χ0) is 23.4. The summed E-state index contributed by atoms with van der Waals surface area (Å²) in [4.78, 5) is 31.7. The summed E-state index contributed by atoms with van der Waals surface area (Å²) >= 11 is 1.37. The average Bonchev–Trinajstić information content (AvgIpc) is 3.43. The Hall–Kier alpha value is -2.95. The maximum Gasteiger partial charge on any atom is 0.326 e. The number of benzene rings is 1. The van der Waals surface area contributed by atoms with Crippen LogP contribution in [0.15, 0.2) is 29.8 Å². The summed E-state index contributed by atoms with van der Waals surface area (Å²) < 4.78 is 13.1. The number of hydrogen-bond acceptors (Lipinski definition) is 7. The number of carbonyl (C=O) groups is 2. The summed E-state index contributed by atoms with van der Waals surface area (Å²) in [7, 11) is 1.61. The van der Waals surface area contributed by atoms with Gasteiger partial charge in [0.1, 0.15) is 11.8 Å². The third-order valence-electron chi connectivity index (χ3n) is 5.96. The molecule has 9 nitrogen and oxygen atoms in total. The van der Waals surface area contributed by atoms with Crippen molar-refractivity contribution in [3.05, 3.63) is 46.0 Å². The van der Waals surface area contributed by atoms with Crippen LogP contribution in [0.4, 0.5) is 0 Å². The normalized spacial score (nSPS) is 15.5. The lowest BCUT2D eigenvalue weighted by molar-refractivity contribution is -0.139. The number of hydrogen-bond donors (Lipinski definition) is 2. The number of fused-ring (bicyclic) bond motifs is 1. The lowest BCUT2D eigenvalue weighted by Gasteiger charge is -2.27. The van der Waals surface area contributed by atoms with Crippen LogP contribution in [-0.2, 0) is 22.5 Å². The van der Waals surface area contributed by atoms with Crippen LogP contribution >= 0.6 is 11.3 Å². The molecule has 10 heteroatoms. The van der Waals surface area contributed by atoms with Crippen molar-refractivity contribution in [2.24, 2.45) is 0 Å². The number of nitrogens with zero attached hydrogens (tertiary/aromatic N) is 3. The number of rotatable bonds is 9. The number of nitrogens with one attached hydrogen (secondary N) is 1. The van der Waals surface area contributed by atoms with Gasteiger partial charge in [-0.1, -0.05) is 12.1 Å². The lowest BCUT2D eigenvalue weighted by Crippen LogP contribution is -2.42. The molecule has 176 valence electrons. The van der Waals surface area contributed by atoms with E-state index in [0.717, 1.165) is 49.4 Å². The topological polar surface area (TPSA) is 106 Å². The molecular formula is C23H28N4O5S. The number of methoxy groups -OCH3 is 1. The first kappa shape index (κ1) is 23.2. The van der Waals surface area contributed by atoms with E-state index in [1.165, 1.54) is 11.3 Å². The van der Waals surface area contributed by atoms with Gasteiger partial charge in [-0.05, 0) is 13.0 Å². The fraction of sp³-hybridized carbons (Fsp3) is 0.435. The molecule has 0 unspecified atom stereocenters. The Bertz CT molecular complexity index is 1120. The Morgan fingerprint density at radius 2 is 2.09 bits per heavy atom. The number of thiazole rings is 1. The summed E-state index contributed by atoms with van der Waals surface area (Å²) in [5, 5.41) is 15.6. The van der Waals surface area contributed by atoms with Crippen LogP contribution in [0, 0.1) is 6.92 Å². The Morgan fingerprint density at radius 3 is 2.76 bits per heavy atom. The molecule has 1 fully saturated rings. The molecule has 1 aliphatic heterocycles. The molecule has 1 aliphatic rings. The van der Waals surface area contributed by atoms with Gasteiger partial charge in [-0.3, -0.25) is 9.69 Å². The summed E-state index contributed by atoms with van der Waals surface area (Å²) in [5.74, 6) is -0.834. The van der Waals surface area contributed by atoms with Gasteiger partial charge in [-0.25, -0.2) is 9.78 Å². The van der Waals surface area contributed by atoms with Gasteiger partial charge in [-0.15, -0.1) is 11.3 Å². The predicted octanol–water partition coefficient (Wildman–Crippen LogP) is 2.17. The fourth-order valence-corrected chi connectivity index (χ4v) is 4.92. The van der Waals surface area contributed by atoms with Crippen LogP contribution < -0.4 is 10.1 Å². The second kappa shape index (κ2) is 10.3. The second-order valence-corrected chi connectivity index (χ2v) is 8.90. The van der Waals surface area contributed by atoms with Gasteiger partial charge in [0.05, 0.1) is 36.4 Å². The van der Waals surface area contributed by atoms with Crippen LogP contribution in [-0.4, -0.2) is 77.4 Å². The molecule has 0 bridgehead atoms. The van der Waals surface area contributed by atoms with Gasteiger partial charge in [0, 0.05) is 55.3 Å². The number of para-hydroxylation sites is 1. The minimum atomic E-state index is -1.09. The smallest absolute Gasteiger partial charge is 0.326 e. The highest BCUT2D eigenvalue weighted by atomic mass is 32.1. The molecule has 2 N–H and O–H groups in total. The minimum Gasteiger partial charge on any atom is -0.495 e. The minimum absolute atomic E-state index is 0.136.